The Balaban J connectivity index is 2.10. The fraction of sp³-hybridized carbons (Fsp3) is 0.310. The molecule has 3 rings (SSSR count). The number of carbonyl (C=O) groups excluding carboxylic acids is 2. The number of benzene rings is 3. The monoisotopic (exact) mass is 600 g/mol. The van der Waals surface area contributed by atoms with Crippen LogP contribution < -0.4 is 9.62 Å². The second-order valence-electron chi connectivity index (χ2n) is 10.6. The van der Waals surface area contributed by atoms with Gasteiger partial charge in [-0.1, -0.05) is 66.2 Å². The standard InChI is InChI=1S/C29H33ClN4O6S/c1-29(2,3)31-28(36)26(17-21-11-6-5-7-12-21)32(19-22-13-8-9-16-25(22)30)27(35)20-33(41(4,39)40)23-14-10-15-24(18-23)34(37)38/h5-16,18,26H,17,19-20H2,1-4H3,(H,31,36). The largest absolute Gasteiger partial charge is 0.350 e. The highest BCUT2D eigenvalue weighted by molar-refractivity contribution is 7.92. The molecule has 1 atom stereocenters. The SMILES string of the molecule is CC(C)(C)NC(=O)C(Cc1ccccc1)N(Cc1ccccc1Cl)C(=O)CN(c1cccc([N+](=O)[O-])c1)S(C)(=O)=O. The van der Waals surface area contributed by atoms with Crippen molar-refractivity contribution in [3.05, 3.63) is 105 Å². The zero-order chi connectivity index (χ0) is 30.4. The van der Waals surface area contributed by atoms with E-state index in [1.807, 2.05) is 51.1 Å². The molecule has 1 N–H and O–H groups in total. The molecule has 3 aromatic rings. The van der Waals surface area contributed by atoms with Crippen molar-refractivity contribution in [2.45, 2.75) is 45.3 Å². The second kappa shape index (κ2) is 13.1. The molecule has 12 heteroatoms. The number of nitro groups is 1. The molecular formula is C29H33ClN4O6S. The first-order valence-corrected chi connectivity index (χ1v) is 15.0. The van der Waals surface area contributed by atoms with E-state index in [2.05, 4.69) is 5.32 Å². The van der Waals surface area contributed by atoms with Crippen molar-refractivity contribution in [3.63, 3.8) is 0 Å². The molecule has 0 bridgehead atoms. The Morgan fingerprint density at radius 2 is 1.63 bits per heavy atom. The fourth-order valence-corrected chi connectivity index (χ4v) is 5.23. The van der Waals surface area contributed by atoms with E-state index in [0.717, 1.165) is 22.2 Å². The number of hydrogen-bond donors (Lipinski definition) is 1. The number of non-ortho nitro benzene ring substituents is 1. The summed E-state index contributed by atoms with van der Waals surface area (Å²) in [6.07, 6.45) is 1.06. The van der Waals surface area contributed by atoms with Crippen molar-refractivity contribution in [2.75, 3.05) is 17.1 Å². The van der Waals surface area contributed by atoms with Crippen LogP contribution in [0.2, 0.25) is 5.02 Å². The average Bonchev–Trinajstić information content (AvgIpc) is 2.89. The summed E-state index contributed by atoms with van der Waals surface area (Å²) in [6.45, 7) is 4.67. The Labute approximate surface area is 245 Å². The lowest BCUT2D eigenvalue weighted by molar-refractivity contribution is -0.384. The van der Waals surface area contributed by atoms with Crippen molar-refractivity contribution in [1.29, 1.82) is 0 Å². The number of rotatable bonds is 11. The third-order valence-electron chi connectivity index (χ3n) is 6.08. The summed E-state index contributed by atoms with van der Waals surface area (Å²) in [5, 5.41) is 14.7. The van der Waals surface area contributed by atoms with E-state index in [4.69, 9.17) is 11.6 Å². The van der Waals surface area contributed by atoms with Crippen molar-refractivity contribution < 1.29 is 22.9 Å². The van der Waals surface area contributed by atoms with E-state index in [1.165, 1.54) is 23.1 Å². The topological polar surface area (TPSA) is 130 Å². The van der Waals surface area contributed by atoms with Crippen LogP contribution in [0.25, 0.3) is 0 Å². The van der Waals surface area contributed by atoms with Gasteiger partial charge in [0.15, 0.2) is 0 Å². The highest BCUT2D eigenvalue weighted by Crippen LogP contribution is 2.25. The molecule has 0 heterocycles. The van der Waals surface area contributed by atoms with E-state index in [9.17, 15) is 28.1 Å². The zero-order valence-corrected chi connectivity index (χ0v) is 24.9. The molecule has 0 aliphatic carbocycles. The second-order valence-corrected chi connectivity index (χ2v) is 12.9. The van der Waals surface area contributed by atoms with Gasteiger partial charge in [-0.15, -0.1) is 0 Å². The van der Waals surface area contributed by atoms with Crippen molar-refractivity contribution in [1.82, 2.24) is 10.2 Å². The maximum absolute atomic E-state index is 14.1. The van der Waals surface area contributed by atoms with E-state index in [-0.39, 0.29) is 24.3 Å². The predicted octanol–water partition coefficient (Wildman–Crippen LogP) is 4.57. The van der Waals surface area contributed by atoms with Gasteiger partial charge in [-0.25, -0.2) is 8.42 Å². The smallest absolute Gasteiger partial charge is 0.271 e. The summed E-state index contributed by atoms with van der Waals surface area (Å²) >= 11 is 6.44. The van der Waals surface area contributed by atoms with Crippen LogP contribution in [-0.4, -0.2) is 54.4 Å². The van der Waals surface area contributed by atoms with Gasteiger partial charge in [0.25, 0.3) is 5.69 Å². The molecule has 218 valence electrons. The van der Waals surface area contributed by atoms with Gasteiger partial charge in [0.2, 0.25) is 21.8 Å². The van der Waals surface area contributed by atoms with E-state index in [0.29, 0.717) is 10.6 Å². The number of halogens is 1. The van der Waals surface area contributed by atoms with Gasteiger partial charge < -0.3 is 10.2 Å². The summed E-state index contributed by atoms with van der Waals surface area (Å²) in [5.74, 6) is -1.12. The molecule has 0 saturated carbocycles. The lowest BCUT2D eigenvalue weighted by Gasteiger charge is -2.35. The first-order chi connectivity index (χ1) is 19.2. The molecule has 0 fully saturated rings. The number of sulfonamides is 1. The molecule has 1 unspecified atom stereocenters. The lowest BCUT2D eigenvalue weighted by Crippen LogP contribution is -2.56. The highest BCUT2D eigenvalue weighted by atomic mass is 35.5. The normalized spacial score (nSPS) is 12.3. The van der Waals surface area contributed by atoms with Gasteiger partial charge in [0.05, 0.1) is 16.9 Å². The van der Waals surface area contributed by atoms with Crippen molar-refractivity contribution >= 4 is 44.8 Å². The summed E-state index contributed by atoms with van der Waals surface area (Å²) < 4.78 is 26.5. The van der Waals surface area contributed by atoms with E-state index >= 15 is 0 Å². The number of anilines is 1. The summed E-state index contributed by atoms with van der Waals surface area (Å²) in [5.41, 5.74) is 0.351. The number of nitrogens with zero attached hydrogens (tertiary/aromatic N) is 3. The molecule has 0 aliphatic rings. The molecule has 10 nitrogen and oxygen atoms in total. The number of nitrogens with one attached hydrogen (secondary N) is 1. The van der Waals surface area contributed by atoms with Crippen LogP contribution in [0.4, 0.5) is 11.4 Å². The van der Waals surface area contributed by atoms with Crippen molar-refractivity contribution in [2.24, 2.45) is 0 Å². The van der Waals surface area contributed by atoms with E-state index in [1.54, 1.807) is 24.3 Å². The average molecular weight is 601 g/mol. The van der Waals surface area contributed by atoms with Crippen LogP contribution in [-0.2, 0) is 32.6 Å². The van der Waals surface area contributed by atoms with Crippen LogP contribution in [0.3, 0.4) is 0 Å². The minimum absolute atomic E-state index is 0.0495. The van der Waals surface area contributed by atoms with Gasteiger partial charge >= 0.3 is 0 Å². The van der Waals surface area contributed by atoms with Crippen LogP contribution in [0.1, 0.15) is 31.9 Å². The quantitative estimate of drug-likeness (QED) is 0.253. The Morgan fingerprint density at radius 1 is 1.00 bits per heavy atom. The highest BCUT2D eigenvalue weighted by Gasteiger charge is 2.34. The molecule has 41 heavy (non-hydrogen) atoms. The summed E-state index contributed by atoms with van der Waals surface area (Å²) in [6, 6.07) is 20.0. The Hall–Kier alpha value is -3.96. The molecule has 0 radical (unpaired) electrons. The lowest BCUT2D eigenvalue weighted by atomic mass is 10.0. The number of hydrogen-bond acceptors (Lipinski definition) is 6. The van der Waals surface area contributed by atoms with Crippen LogP contribution in [0.5, 0.6) is 0 Å². The first kappa shape index (κ1) is 31.6. The van der Waals surface area contributed by atoms with Gasteiger partial charge in [-0.05, 0) is 44.0 Å². The third kappa shape index (κ3) is 9.02. The number of amides is 2. The molecule has 0 aromatic heterocycles. The third-order valence-corrected chi connectivity index (χ3v) is 7.58. The van der Waals surface area contributed by atoms with Crippen LogP contribution in [0.15, 0.2) is 78.9 Å². The molecule has 0 saturated heterocycles. The molecule has 2 amide bonds. The number of carbonyl (C=O) groups is 2. The first-order valence-electron chi connectivity index (χ1n) is 12.8. The molecule has 3 aromatic carbocycles. The van der Waals surface area contributed by atoms with Crippen LogP contribution >= 0.6 is 11.6 Å². The Kier molecular flexibility index (Phi) is 10.1. The number of nitro benzene ring substituents is 1. The minimum Gasteiger partial charge on any atom is -0.350 e. The fourth-order valence-electron chi connectivity index (χ4n) is 4.19. The van der Waals surface area contributed by atoms with Gasteiger partial charge in [-0.3, -0.25) is 24.0 Å². The molecule has 0 spiro atoms. The summed E-state index contributed by atoms with van der Waals surface area (Å²) in [4.78, 5) is 39.8. The predicted molar refractivity (Wildman–Crippen MR) is 159 cm³/mol. The maximum Gasteiger partial charge on any atom is 0.271 e. The molecular weight excluding hydrogens is 568 g/mol. The van der Waals surface area contributed by atoms with Gasteiger partial charge in [0.1, 0.15) is 12.6 Å². The van der Waals surface area contributed by atoms with Crippen molar-refractivity contribution in [3.8, 4) is 0 Å². The Bertz CT molecular complexity index is 1510. The van der Waals surface area contributed by atoms with E-state index < -0.39 is 44.9 Å². The zero-order valence-electron chi connectivity index (χ0n) is 23.3. The van der Waals surface area contributed by atoms with Crippen LogP contribution in [0, 0.1) is 10.1 Å². The minimum atomic E-state index is -4.07. The Morgan fingerprint density at radius 3 is 2.22 bits per heavy atom. The van der Waals surface area contributed by atoms with Gasteiger partial charge in [0, 0.05) is 35.7 Å². The summed E-state index contributed by atoms with van der Waals surface area (Å²) in [7, 11) is -4.07. The van der Waals surface area contributed by atoms with Gasteiger partial charge in [-0.2, -0.15) is 0 Å². The molecule has 0 aliphatic heterocycles. The maximum atomic E-state index is 14.1.